The zero-order valence-electron chi connectivity index (χ0n) is 17.7. The summed E-state index contributed by atoms with van der Waals surface area (Å²) in [6.07, 6.45) is 9.13. The molecule has 6 rings (SSSR count). The third-order valence-electron chi connectivity index (χ3n) is 6.38. The average Bonchev–Trinajstić information content (AvgIpc) is 3.45. The largest absolute Gasteiger partial charge is 0.0900 e. The molecule has 0 aromatic heterocycles. The summed E-state index contributed by atoms with van der Waals surface area (Å²) in [6.45, 7) is 0. The summed E-state index contributed by atoms with van der Waals surface area (Å²) in [6, 6.07) is 30.6. The third-order valence-corrected chi connectivity index (χ3v) is 8.64. The van der Waals surface area contributed by atoms with Gasteiger partial charge in [-0.05, 0) is 57.6 Å². The van der Waals surface area contributed by atoms with Crippen molar-refractivity contribution in [3.8, 4) is 0 Å². The predicted octanol–water partition coefficient (Wildman–Crippen LogP) is 9.68. The fraction of sp³-hybridized carbons (Fsp3) is 0.0667. The van der Waals surface area contributed by atoms with Crippen LogP contribution in [-0.2, 0) is 0 Å². The number of hydrogen-bond donors (Lipinski definition) is 0. The Morgan fingerprint density at radius 2 is 0.970 bits per heavy atom. The number of halogens is 2. The minimum Gasteiger partial charge on any atom is -0.0900 e. The summed E-state index contributed by atoms with van der Waals surface area (Å²) in [5.41, 5.74) is 7.96. The standard InChI is InChI=1S/C30H20Br2S/c31-27-17-23(15-21-11-13-25(29(21)27)19-7-3-1-4-8-19)33-24-16-22-12-14-26(30(22)28(32)18-24)20-9-5-2-6-10-20/h1-18,25-26H. The summed E-state index contributed by atoms with van der Waals surface area (Å²) in [5.74, 6) is 0.618. The molecule has 0 amide bonds. The molecular weight excluding hydrogens is 552 g/mol. The minimum absolute atomic E-state index is 0.309. The van der Waals surface area contributed by atoms with Crippen LogP contribution in [0.2, 0.25) is 0 Å². The first kappa shape index (κ1) is 21.2. The maximum Gasteiger partial charge on any atom is 0.0289 e. The zero-order chi connectivity index (χ0) is 22.4. The van der Waals surface area contributed by atoms with E-state index in [9.17, 15) is 0 Å². The first-order chi connectivity index (χ1) is 16.2. The maximum atomic E-state index is 3.87. The lowest BCUT2D eigenvalue weighted by molar-refractivity contribution is 1.03. The van der Waals surface area contributed by atoms with Crippen LogP contribution < -0.4 is 0 Å². The van der Waals surface area contributed by atoms with Gasteiger partial charge in [-0.3, -0.25) is 0 Å². The summed E-state index contributed by atoms with van der Waals surface area (Å²) < 4.78 is 2.34. The maximum absolute atomic E-state index is 3.87. The SMILES string of the molecule is Brc1cc(Sc2cc(Br)c3c(c2)C=CC3c2ccccc2)cc2c1C(c1ccccc1)C=C2. The van der Waals surface area contributed by atoms with Crippen molar-refractivity contribution in [1.82, 2.24) is 0 Å². The van der Waals surface area contributed by atoms with Crippen LogP contribution in [0, 0.1) is 0 Å². The van der Waals surface area contributed by atoms with E-state index in [1.807, 2.05) is 11.8 Å². The third kappa shape index (κ3) is 3.97. The highest BCUT2D eigenvalue weighted by Crippen LogP contribution is 2.45. The van der Waals surface area contributed by atoms with E-state index in [-0.39, 0.29) is 0 Å². The van der Waals surface area contributed by atoms with Crippen LogP contribution in [0.25, 0.3) is 12.2 Å². The molecule has 33 heavy (non-hydrogen) atoms. The Morgan fingerprint density at radius 1 is 0.545 bits per heavy atom. The van der Waals surface area contributed by atoms with Crippen LogP contribution in [0.4, 0.5) is 0 Å². The van der Waals surface area contributed by atoms with Gasteiger partial charge in [0.1, 0.15) is 0 Å². The molecule has 0 nitrogen and oxygen atoms in total. The summed E-state index contributed by atoms with van der Waals surface area (Å²) in [4.78, 5) is 2.49. The van der Waals surface area contributed by atoms with Gasteiger partial charge in [0.25, 0.3) is 0 Å². The van der Waals surface area contributed by atoms with Gasteiger partial charge in [0.05, 0.1) is 0 Å². The van der Waals surface area contributed by atoms with Gasteiger partial charge in [0, 0.05) is 30.6 Å². The molecule has 2 aliphatic carbocycles. The van der Waals surface area contributed by atoms with Gasteiger partial charge in [-0.15, -0.1) is 0 Å². The van der Waals surface area contributed by atoms with Crippen molar-refractivity contribution in [3.05, 3.63) is 139 Å². The van der Waals surface area contributed by atoms with E-state index < -0.39 is 0 Å². The van der Waals surface area contributed by atoms with Gasteiger partial charge >= 0.3 is 0 Å². The van der Waals surface area contributed by atoms with Crippen LogP contribution in [0.15, 0.2) is 116 Å². The summed E-state index contributed by atoms with van der Waals surface area (Å²) in [5, 5.41) is 0. The minimum atomic E-state index is 0.309. The van der Waals surface area contributed by atoms with Crippen molar-refractivity contribution in [1.29, 1.82) is 0 Å². The van der Waals surface area contributed by atoms with E-state index in [2.05, 4.69) is 141 Å². The van der Waals surface area contributed by atoms with Gasteiger partial charge in [-0.1, -0.05) is 129 Å². The normalized spacial score (nSPS) is 17.9. The van der Waals surface area contributed by atoms with Crippen molar-refractivity contribution in [3.63, 3.8) is 0 Å². The molecule has 0 radical (unpaired) electrons. The predicted molar refractivity (Wildman–Crippen MR) is 147 cm³/mol. The molecule has 0 heterocycles. The van der Waals surface area contributed by atoms with Crippen molar-refractivity contribution < 1.29 is 0 Å². The number of benzene rings is 4. The highest BCUT2D eigenvalue weighted by molar-refractivity contribution is 9.10. The first-order valence-corrected chi connectivity index (χ1v) is 13.4. The lowest BCUT2D eigenvalue weighted by Gasteiger charge is -2.16. The Morgan fingerprint density at radius 3 is 1.39 bits per heavy atom. The molecule has 0 spiro atoms. The van der Waals surface area contributed by atoms with Crippen molar-refractivity contribution in [2.45, 2.75) is 21.6 Å². The van der Waals surface area contributed by atoms with E-state index in [1.54, 1.807) is 0 Å². The molecule has 3 heteroatoms. The molecule has 4 aromatic carbocycles. The molecule has 0 aliphatic heterocycles. The fourth-order valence-corrected chi connectivity index (χ4v) is 7.63. The Hall–Kier alpha value is -2.33. The molecule has 4 aromatic rings. The van der Waals surface area contributed by atoms with Gasteiger partial charge in [0.2, 0.25) is 0 Å². The highest BCUT2D eigenvalue weighted by Gasteiger charge is 2.24. The summed E-state index contributed by atoms with van der Waals surface area (Å²) in [7, 11) is 0. The van der Waals surface area contributed by atoms with Gasteiger partial charge in [0.15, 0.2) is 0 Å². The Labute approximate surface area is 215 Å². The molecule has 0 saturated carbocycles. The topological polar surface area (TPSA) is 0 Å². The second-order valence-electron chi connectivity index (χ2n) is 8.41. The van der Waals surface area contributed by atoms with E-state index in [0.29, 0.717) is 11.8 Å². The van der Waals surface area contributed by atoms with Crippen molar-refractivity contribution in [2.24, 2.45) is 0 Å². The zero-order valence-corrected chi connectivity index (χ0v) is 21.7. The Kier molecular flexibility index (Phi) is 5.65. The molecule has 0 N–H and O–H groups in total. The second-order valence-corrected chi connectivity index (χ2v) is 11.3. The van der Waals surface area contributed by atoms with Crippen LogP contribution >= 0.6 is 43.6 Å². The Balaban J connectivity index is 1.30. The van der Waals surface area contributed by atoms with Crippen LogP contribution in [0.3, 0.4) is 0 Å². The molecule has 2 atom stereocenters. The molecule has 0 bridgehead atoms. The fourth-order valence-electron chi connectivity index (χ4n) is 4.88. The van der Waals surface area contributed by atoms with Gasteiger partial charge in [-0.25, -0.2) is 0 Å². The number of hydrogen-bond acceptors (Lipinski definition) is 1. The van der Waals surface area contributed by atoms with E-state index >= 15 is 0 Å². The second kappa shape index (κ2) is 8.79. The van der Waals surface area contributed by atoms with Crippen LogP contribution in [0.5, 0.6) is 0 Å². The van der Waals surface area contributed by atoms with Crippen LogP contribution in [-0.4, -0.2) is 0 Å². The smallest absolute Gasteiger partial charge is 0.0289 e. The monoisotopic (exact) mass is 570 g/mol. The van der Waals surface area contributed by atoms with Crippen molar-refractivity contribution >= 4 is 55.8 Å². The lowest BCUT2D eigenvalue weighted by Crippen LogP contribution is -1.98. The first-order valence-electron chi connectivity index (χ1n) is 11.0. The number of rotatable bonds is 4. The molecule has 2 unspecified atom stereocenters. The van der Waals surface area contributed by atoms with E-state index in [0.717, 1.165) is 0 Å². The summed E-state index contributed by atoms with van der Waals surface area (Å²) >= 11 is 9.56. The quantitative estimate of drug-likeness (QED) is 0.235. The van der Waals surface area contributed by atoms with Crippen molar-refractivity contribution in [2.75, 3.05) is 0 Å². The molecule has 2 aliphatic rings. The highest BCUT2D eigenvalue weighted by atomic mass is 79.9. The van der Waals surface area contributed by atoms with E-state index in [1.165, 1.54) is 52.1 Å². The van der Waals surface area contributed by atoms with Gasteiger partial charge < -0.3 is 0 Å². The van der Waals surface area contributed by atoms with Crippen LogP contribution in [0.1, 0.15) is 45.2 Å². The van der Waals surface area contributed by atoms with E-state index in [4.69, 9.17) is 0 Å². The molecule has 0 saturated heterocycles. The van der Waals surface area contributed by atoms with Gasteiger partial charge in [-0.2, -0.15) is 0 Å². The molecule has 0 fully saturated rings. The Bertz CT molecular complexity index is 1300. The molecule has 160 valence electrons. The average molecular weight is 572 g/mol. The number of allylic oxidation sites excluding steroid dienone is 2. The number of fused-ring (bicyclic) bond motifs is 2. The molecular formula is C30H20Br2S. The lowest BCUT2D eigenvalue weighted by atomic mass is 9.93.